The maximum Gasteiger partial charge on any atom is 0.335 e. The minimum Gasteiger partial charge on any atom is -0.487 e. The molecule has 0 unspecified atom stereocenters. The summed E-state index contributed by atoms with van der Waals surface area (Å²) in [5, 5.41) is 11.7. The van der Waals surface area contributed by atoms with Crippen LogP contribution in [-0.2, 0) is 16.2 Å². The van der Waals surface area contributed by atoms with Crippen LogP contribution in [0.5, 0.6) is 5.75 Å². The number of benzene rings is 3. The van der Waals surface area contributed by atoms with Crippen molar-refractivity contribution in [3.8, 4) is 5.75 Å². The van der Waals surface area contributed by atoms with Crippen molar-refractivity contribution < 1.29 is 29.0 Å². The number of hydrogen-bond donors (Lipinski definition) is 2. The second kappa shape index (κ2) is 11.0. The number of rotatable bonds is 6. The van der Waals surface area contributed by atoms with Gasteiger partial charge in [-0.15, -0.1) is 0 Å². The number of hydrogen-bond acceptors (Lipinski definition) is 5. The van der Waals surface area contributed by atoms with Crippen molar-refractivity contribution in [3.63, 3.8) is 0 Å². The van der Waals surface area contributed by atoms with Crippen LogP contribution in [0.1, 0.15) is 21.5 Å². The van der Waals surface area contributed by atoms with Crippen LogP contribution in [-0.4, -0.2) is 28.9 Å². The first kappa shape index (κ1) is 26.1. The van der Waals surface area contributed by atoms with E-state index in [9.17, 15) is 19.2 Å². The fourth-order valence-corrected chi connectivity index (χ4v) is 5.60. The zero-order valence-corrected chi connectivity index (χ0v) is 23.2. The molecular formula is C25H15ClI2N2O6. The molecule has 3 aromatic carbocycles. The van der Waals surface area contributed by atoms with E-state index in [1.807, 2.05) is 0 Å². The normalized spacial score (nSPS) is 14.7. The molecule has 36 heavy (non-hydrogen) atoms. The summed E-state index contributed by atoms with van der Waals surface area (Å²) in [6.45, 7) is 0.228. The molecule has 1 aliphatic rings. The van der Waals surface area contributed by atoms with E-state index in [2.05, 4.69) is 50.5 Å². The third-order valence-electron chi connectivity index (χ3n) is 5.10. The fraction of sp³-hybridized carbons (Fsp3) is 0.0400. The van der Waals surface area contributed by atoms with Gasteiger partial charge in [-0.05, 0) is 111 Å². The smallest absolute Gasteiger partial charge is 0.335 e. The van der Waals surface area contributed by atoms with Crippen LogP contribution in [0.2, 0.25) is 5.02 Å². The lowest BCUT2D eigenvalue weighted by molar-refractivity contribution is -0.122. The molecule has 1 aliphatic heterocycles. The molecule has 0 aromatic heterocycles. The van der Waals surface area contributed by atoms with Crippen LogP contribution < -0.4 is 15.0 Å². The number of anilines is 1. The number of nitrogens with zero attached hydrogens (tertiary/aromatic N) is 1. The number of aromatic carboxylic acids is 1. The Balaban J connectivity index is 1.57. The molecule has 3 aromatic rings. The number of ether oxygens (including phenoxy) is 1. The van der Waals surface area contributed by atoms with Gasteiger partial charge in [0.05, 0.1) is 18.4 Å². The van der Waals surface area contributed by atoms with Gasteiger partial charge in [-0.3, -0.25) is 14.9 Å². The number of carbonyl (C=O) groups is 4. The molecule has 1 fully saturated rings. The van der Waals surface area contributed by atoms with E-state index in [0.29, 0.717) is 16.3 Å². The van der Waals surface area contributed by atoms with Gasteiger partial charge < -0.3 is 9.84 Å². The molecule has 0 aliphatic carbocycles. The SMILES string of the molecule is O=C1NC(=O)N(c2ccc(Cl)cc2)C(=O)/C1=C/c1cc(I)c(OCc2ccc(C(=O)O)cc2)c(I)c1. The highest BCUT2D eigenvalue weighted by Crippen LogP contribution is 2.31. The van der Waals surface area contributed by atoms with Crippen molar-refractivity contribution in [2.24, 2.45) is 0 Å². The topological polar surface area (TPSA) is 113 Å². The third-order valence-corrected chi connectivity index (χ3v) is 6.96. The number of carboxylic acids is 1. The van der Waals surface area contributed by atoms with E-state index in [4.69, 9.17) is 21.4 Å². The zero-order valence-electron chi connectivity index (χ0n) is 18.1. The van der Waals surface area contributed by atoms with E-state index in [1.54, 1.807) is 36.4 Å². The van der Waals surface area contributed by atoms with Gasteiger partial charge in [-0.25, -0.2) is 14.5 Å². The van der Waals surface area contributed by atoms with Gasteiger partial charge in [-0.1, -0.05) is 23.7 Å². The van der Waals surface area contributed by atoms with Crippen LogP contribution >= 0.6 is 56.8 Å². The zero-order chi connectivity index (χ0) is 26.0. The average molecular weight is 729 g/mol. The fourth-order valence-electron chi connectivity index (χ4n) is 3.35. The molecule has 1 saturated heterocycles. The Morgan fingerprint density at radius 1 is 1.00 bits per heavy atom. The number of nitrogens with one attached hydrogen (secondary N) is 1. The van der Waals surface area contributed by atoms with Gasteiger partial charge in [0.2, 0.25) is 0 Å². The Morgan fingerprint density at radius 3 is 2.19 bits per heavy atom. The van der Waals surface area contributed by atoms with E-state index in [-0.39, 0.29) is 23.4 Å². The minimum absolute atomic E-state index is 0.191. The second-order valence-electron chi connectivity index (χ2n) is 7.54. The monoisotopic (exact) mass is 728 g/mol. The number of imide groups is 2. The number of carbonyl (C=O) groups excluding carboxylic acids is 3. The lowest BCUT2D eigenvalue weighted by Crippen LogP contribution is -2.54. The predicted octanol–water partition coefficient (Wildman–Crippen LogP) is 5.49. The van der Waals surface area contributed by atoms with Gasteiger partial charge in [-0.2, -0.15) is 0 Å². The Hall–Kier alpha value is -2.97. The summed E-state index contributed by atoms with van der Waals surface area (Å²) >= 11 is 10.1. The lowest BCUT2D eigenvalue weighted by atomic mass is 10.1. The summed E-state index contributed by atoms with van der Waals surface area (Å²) in [7, 11) is 0. The first-order chi connectivity index (χ1) is 17.1. The Bertz CT molecular complexity index is 1400. The van der Waals surface area contributed by atoms with Crippen molar-refractivity contribution in [1.29, 1.82) is 0 Å². The summed E-state index contributed by atoms with van der Waals surface area (Å²) in [4.78, 5) is 49.8. The number of barbiturate groups is 1. The van der Waals surface area contributed by atoms with Crippen LogP contribution in [0.4, 0.5) is 10.5 Å². The highest BCUT2D eigenvalue weighted by atomic mass is 127. The van der Waals surface area contributed by atoms with Crippen molar-refractivity contribution in [1.82, 2.24) is 5.32 Å². The third kappa shape index (κ3) is 5.71. The maximum absolute atomic E-state index is 13.1. The largest absolute Gasteiger partial charge is 0.487 e. The molecule has 0 saturated carbocycles. The molecule has 4 rings (SSSR count). The molecule has 0 radical (unpaired) electrons. The molecule has 0 atom stereocenters. The lowest BCUT2D eigenvalue weighted by Gasteiger charge is -2.26. The van der Waals surface area contributed by atoms with Crippen LogP contribution in [0, 0.1) is 7.14 Å². The molecule has 0 bridgehead atoms. The van der Waals surface area contributed by atoms with Gasteiger partial charge in [0.1, 0.15) is 17.9 Å². The second-order valence-corrected chi connectivity index (χ2v) is 10.3. The Morgan fingerprint density at radius 2 is 1.61 bits per heavy atom. The first-order valence-electron chi connectivity index (χ1n) is 10.2. The molecule has 0 spiro atoms. The van der Waals surface area contributed by atoms with Crippen LogP contribution in [0.3, 0.4) is 0 Å². The summed E-state index contributed by atoms with van der Waals surface area (Å²) in [6, 6.07) is 15.2. The quantitative estimate of drug-likeness (QED) is 0.197. The van der Waals surface area contributed by atoms with Crippen LogP contribution in [0.25, 0.3) is 6.08 Å². The summed E-state index contributed by atoms with van der Waals surface area (Å²) in [5.41, 5.74) is 1.66. The molecule has 4 amide bonds. The molecular weight excluding hydrogens is 714 g/mol. The Labute approximate surface area is 237 Å². The summed E-state index contributed by atoms with van der Waals surface area (Å²) < 4.78 is 7.42. The van der Waals surface area contributed by atoms with Gasteiger partial charge in [0.15, 0.2) is 0 Å². The van der Waals surface area contributed by atoms with Gasteiger partial charge >= 0.3 is 12.0 Å². The first-order valence-corrected chi connectivity index (χ1v) is 12.8. The van der Waals surface area contributed by atoms with Crippen molar-refractivity contribution in [2.75, 3.05) is 4.90 Å². The van der Waals surface area contributed by atoms with Crippen molar-refractivity contribution >= 4 is 92.4 Å². The van der Waals surface area contributed by atoms with E-state index in [1.165, 1.54) is 30.3 Å². The predicted molar refractivity (Wildman–Crippen MR) is 150 cm³/mol. The van der Waals surface area contributed by atoms with Crippen LogP contribution in [0.15, 0.2) is 66.2 Å². The van der Waals surface area contributed by atoms with Crippen molar-refractivity contribution in [2.45, 2.75) is 6.61 Å². The van der Waals surface area contributed by atoms with Gasteiger partial charge in [0.25, 0.3) is 11.8 Å². The maximum atomic E-state index is 13.1. The summed E-state index contributed by atoms with van der Waals surface area (Å²) in [6.07, 6.45) is 1.42. The number of urea groups is 1. The minimum atomic E-state index is -0.998. The number of carboxylic acid groups (broad SMARTS) is 1. The highest BCUT2D eigenvalue weighted by molar-refractivity contribution is 14.1. The molecule has 1 heterocycles. The van der Waals surface area contributed by atoms with E-state index in [0.717, 1.165) is 17.6 Å². The Kier molecular flexibility index (Phi) is 7.95. The number of amides is 4. The summed E-state index contributed by atoms with van der Waals surface area (Å²) in [5.74, 6) is -1.92. The van der Waals surface area contributed by atoms with E-state index >= 15 is 0 Å². The number of halogens is 3. The molecule has 11 heteroatoms. The molecule has 8 nitrogen and oxygen atoms in total. The highest BCUT2D eigenvalue weighted by Gasteiger charge is 2.36. The van der Waals surface area contributed by atoms with Gasteiger partial charge in [0, 0.05) is 5.02 Å². The van der Waals surface area contributed by atoms with E-state index < -0.39 is 23.8 Å². The molecule has 2 N–H and O–H groups in total. The van der Waals surface area contributed by atoms with Crippen molar-refractivity contribution in [3.05, 3.63) is 95.1 Å². The standard InChI is InChI=1S/C25H15ClI2N2O6/c26-16-5-7-17(8-6-16)30-23(32)18(22(31)29-25(30)35)9-14-10-19(27)21(20(28)11-14)36-12-13-1-3-15(4-2-13)24(33)34/h1-11H,12H2,(H,33,34)(H,29,31,35)/b18-9+. The average Bonchev–Trinajstić information content (AvgIpc) is 2.82. The molecule has 182 valence electrons.